The van der Waals surface area contributed by atoms with Gasteiger partial charge in [-0.05, 0) is 66.6 Å². The minimum atomic E-state index is -0.0827. The van der Waals surface area contributed by atoms with Crippen LogP contribution in [-0.4, -0.2) is 21.1 Å². The van der Waals surface area contributed by atoms with E-state index in [1.807, 2.05) is 55.5 Å². The second-order valence-electron chi connectivity index (χ2n) is 7.50. The van der Waals surface area contributed by atoms with Crippen molar-refractivity contribution < 1.29 is 4.79 Å². The second kappa shape index (κ2) is 9.39. The summed E-state index contributed by atoms with van der Waals surface area (Å²) in [5.74, 6) is -0.0827. The number of anilines is 1. The van der Waals surface area contributed by atoms with E-state index in [1.165, 1.54) is 11.3 Å². The maximum absolute atomic E-state index is 13.6. The summed E-state index contributed by atoms with van der Waals surface area (Å²) in [5.41, 5.74) is 3.50. The van der Waals surface area contributed by atoms with E-state index in [0.717, 1.165) is 26.2 Å². The van der Waals surface area contributed by atoms with Crippen molar-refractivity contribution in [1.29, 1.82) is 0 Å². The number of carbonyl (C=O) groups excluding carboxylic acids is 1. The summed E-state index contributed by atoms with van der Waals surface area (Å²) in [4.78, 5) is 25.3. The van der Waals surface area contributed by atoms with E-state index in [2.05, 4.69) is 18.8 Å². The predicted molar refractivity (Wildman–Crippen MR) is 132 cm³/mol. The Morgan fingerprint density at radius 3 is 2.52 bits per heavy atom. The van der Waals surface area contributed by atoms with Gasteiger partial charge in [0.05, 0.1) is 16.8 Å². The molecular formula is C24H22ClN3OS2. The molecule has 4 nitrogen and oxygen atoms in total. The Morgan fingerprint density at radius 1 is 1.13 bits per heavy atom. The lowest BCUT2D eigenvalue weighted by Gasteiger charge is -2.20. The molecule has 2 aromatic carbocycles. The van der Waals surface area contributed by atoms with Gasteiger partial charge in [-0.3, -0.25) is 14.7 Å². The maximum atomic E-state index is 13.6. The fourth-order valence-electron chi connectivity index (χ4n) is 3.26. The molecule has 0 saturated carbocycles. The van der Waals surface area contributed by atoms with Crippen LogP contribution in [0.15, 0.2) is 65.8 Å². The minimum absolute atomic E-state index is 0.0827. The third-order valence-corrected chi connectivity index (χ3v) is 6.94. The molecule has 0 spiro atoms. The van der Waals surface area contributed by atoms with Crippen molar-refractivity contribution in [2.45, 2.75) is 37.5 Å². The van der Waals surface area contributed by atoms with Crippen LogP contribution in [0, 0.1) is 6.92 Å². The van der Waals surface area contributed by atoms with Crippen molar-refractivity contribution in [3.63, 3.8) is 0 Å². The molecule has 1 amide bonds. The van der Waals surface area contributed by atoms with Crippen molar-refractivity contribution in [3.05, 3.63) is 82.6 Å². The number of amides is 1. The maximum Gasteiger partial charge on any atom is 0.260 e. The number of hydrogen-bond donors (Lipinski definition) is 0. The Bertz CT molecular complexity index is 1210. The number of benzene rings is 2. The highest BCUT2D eigenvalue weighted by Crippen LogP contribution is 2.34. The van der Waals surface area contributed by atoms with Gasteiger partial charge >= 0.3 is 0 Å². The standard InChI is InChI=1S/C24H22ClN3OS2/c1-15(2)30-20-6-4-18(5-7-20)23(29)28(14-17-8-10-26-11-9-17)24-27-22-16(3)12-19(25)13-21(22)31-24/h4-13,15H,14H2,1-3H3. The number of rotatable bonds is 6. The molecule has 4 rings (SSSR count). The van der Waals surface area contributed by atoms with E-state index in [1.54, 1.807) is 29.1 Å². The molecule has 0 aliphatic heterocycles. The third kappa shape index (κ3) is 5.09. The van der Waals surface area contributed by atoms with Crippen molar-refractivity contribution in [2.24, 2.45) is 0 Å². The molecule has 4 aromatic rings. The molecular weight excluding hydrogens is 446 g/mol. The molecule has 0 aliphatic rings. The molecule has 31 heavy (non-hydrogen) atoms. The van der Waals surface area contributed by atoms with Crippen LogP contribution < -0.4 is 4.90 Å². The van der Waals surface area contributed by atoms with Gasteiger partial charge in [-0.25, -0.2) is 4.98 Å². The average Bonchev–Trinajstić information content (AvgIpc) is 3.16. The number of hydrogen-bond acceptors (Lipinski definition) is 5. The van der Waals surface area contributed by atoms with E-state index in [0.29, 0.717) is 27.5 Å². The minimum Gasteiger partial charge on any atom is -0.279 e. The molecule has 0 N–H and O–H groups in total. The summed E-state index contributed by atoms with van der Waals surface area (Å²) in [7, 11) is 0. The first kappa shape index (κ1) is 21.8. The first-order chi connectivity index (χ1) is 14.9. The summed E-state index contributed by atoms with van der Waals surface area (Å²) < 4.78 is 0.969. The van der Waals surface area contributed by atoms with E-state index >= 15 is 0 Å². The number of thiazole rings is 1. The zero-order valence-electron chi connectivity index (χ0n) is 17.5. The van der Waals surface area contributed by atoms with Crippen LogP contribution in [0.2, 0.25) is 5.02 Å². The van der Waals surface area contributed by atoms with Gasteiger partial charge in [0.1, 0.15) is 0 Å². The Hall–Kier alpha value is -2.41. The number of aryl methyl sites for hydroxylation is 1. The number of fused-ring (bicyclic) bond motifs is 1. The zero-order valence-corrected chi connectivity index (χ0v) is 19.9. The highest BCUT2D eigenvalue weighted by Gasteiger charge is 2.22. The highest BCUT2D eigenvalue weighted by molar-refractivity contribution is 7.99. The number of nitrogens with zero attached hydrogens (tertiary/aromatic N) is 3. The van der Waals surface area contributed by atoms with Crippen LogP contribution in [0.5, 0.6) is 0 Å². The molecule has 0 fully saturated rings. The Morgan fingerprint density at radius 2 is 1.84 bits per heavy atom. The lowest BCUT2D eigenvalue weighted by molar-refractivity contribution is 0.0985. The fourth-order valence-corrected chi connectivity index (χ4v) is 5.51. The molecule has 0 radical (unpaired) electrons. The zero-order chi connectivity index (χ0) is 22.0. The molecule has 2 aromatic heterocycles. The number of pyridine rings is 1. The lowest BCUT2D eigenvalue weighted by Crippen LogP contribution is -2.30. The van der Waals surface area contributed by atoms with E-state index in [9.17, 15) is 4.79 Å². The van der Waals surface area contributed by atoms with Crippen LogP contribution in [-0.2, 0) is 6.54 Å². The Labute approximate surface area is 195 Å². The monoisotopic (exact) mass is 467 g/mol. The van der Waals surface area contributed by atoms with Crippen LogP contribution in [0.25, 0.3) is 10.2 Å². The van der Waals surface area contributed by atoms with Gasteiger partial charge in [0.2, 0.25) is 0 Å². The Kier molecular flexibility index (Phi) is 6.60. The van der Waals surface area contributed by atoms with E-state index in [-0.39, 0.29) is 5.91 Å². The third-order valence-electron chi connectivity index (χ3n) is 4.68. The lowest BCUT2D eigenvalue weighted by atomic mass is 10.2. The van der Waals surface area contributed by atoms with Crippen LogP contribution in [0.1, 0.15) is 35.3 Å². The van der Waals surface area contributed by atoms with Crippen LogP contribution >= 0.6 is 34.7 Å². The average molecular weight is 468 g/mol. The van der Waals surface area contributed by atoms with Gasteiger partial charge in [-0.2, -0.15) is 0 Å². The Balaban J connectivity index is 1.72. The largest absolute Gasteiger partial charge is 0.279 e. The normalized spacial score (nSPS) is 11.3. The van der Waals surface area contributed by atoms with Crippen LogP contribution in [0.3, 0.4) is 0 Å². The van der Waals surface area contributed by atoms with E-state index < -0.39 is 0 Å². The summed E-state index contributed by atoms with van der Waals surface area (Å²) in [5, 5.41) is 1.82. The first-order valence-corrected chi connectivity index (χ1v) is 12.0. The van der Waals surface area contributed by atoms with Crippen molar-refractivity contribution in [1.82, 2.24) is 9.97 Å². The quantitative estimate of drug-likeness (QED) is 0.286. The van der Waals surface area contributed by atoms with Gasteiger partial charge < -0.3 is 0 Å². The van der Waals surface area contributed by atoms with Crippen molar-refractivity contribution in [2.75, 3.05) is 4.90 Å². The molecule has 7 heteroatoms. The first-order valence-electron chi connectivity index (χ1n) is 9.95. The van der Waals surface area contributed by atoms with Gasteiger partial charge in [0.15, 0.2) is 5.13 Å². The topological polar surface area (TPSA) is 46.1 Å². The number of thioether (sulfide) groups is 1. The van der Waals surface area contributed by atoms with Gasteiger partial charge in [-0.1, -0.05) is 36.8 Å². The fraction of sp³-hybridized carbons (Fsp3) is 0.208. The number of halogens is 1. The second-order valence-corrected chi connectivity index (χ2v) is 10.6. The SMILES string of the molecule is Cc1cc(Cl)cc2sc(N(Cc3ccncc3)C(=O)c3ccc(SC(C)C)cc3)nc12. The van der Waals surface area contributed by atoms with Gasteiger partial charge in [0.25, 0.3) is 5.91 Å². The molecule has 0 aliphatic carbocycles. The van der Waals surface area contributed by atoms with Gasteiger partial charge in [-0.15, -0.1) is 11.8 Å². The molecule has 2 heterocycles. The number of carbonyl (C=O) groups is 1. The van der Waals surface area contributed by atoms with Crippen molar-refractivity contribution >= 4 is 56.0 Å². The van der Waals surface area contributed by atoms with Crippen molar-refractivity contribution in [3.8, 4) is 0 Å². The van der Waals surface area contributed by atoms with Gasteiger partial charge in [0, 0.05) is 33.1 Å². The number of aromatic nitrogens is 2. The molecule has 0 saturated heterocycles. The molecule has 158 valence electrons. The van der Waals surface area contributed by atoms with Crippen LogP contribution in [0.4, 0.5) is 5.13 Å². The summed E-state index contributed by atoms with van der Waals surface area (Å²) in [6.07, 6.45) is 3.47. The smallest absolute Gasteiger partial charge is 0.260 e. The molecule has 0 unspecified atom stereocenters. The highest BCUT2D eigenvalue weighted by atomic mass is 35.5. The summed E-state index contributed by atoms with van der Waals surface area (Å²) in [6, 6.07) is 15.4. The summed E-state index contributed by atoms with van der Waals surface area (Å²) in [6.45, 7) is 6.71. The molecule has 0 bridgehead atoms. The summed E-state index contributed by atoms with van der Waals surface area (Å²) >= 11 is 9.50. The molecule has 0 atom stereocenters. The van der Waals surface area contributed by atoms with E-state index in [4.69, 9.17) is 16.6 Å². The predicted octanol–water partition coefficient (Wildman–Crippen LogP) is 7.00.